The standard InChI is InChI=1S/C14H21NO3S/c1-6-15(7-2)14(16)12-11(19-5)9-8-10(17-3)13(12)18-4/h8-9H,6-7H2,1-5H3. The number of amides is 1. The molecule has 106 valence electrons. The molecular weight excluding hydrogens is 262 g/mol. The van der Waals surface area contributed by atoms with Gasteiger partial charge in [0, 0.05) is 18.0 Å². The molecule has 0 saturated carbocycles. The van der Waals surface area contributed by atoms with Gasteiger partial charge in [-0.05, 0) is 32.2 Å². The van der Waals surface area contributed by atoms with E-state index in [1.54, 1.807) is 19.1 Å². The molecule has 0 aliphatic heterocycles. The molecular formula is C14H21NO3S. The highest BCUT2D eigenvalue weighted by Crippen LogP contribution is 2.37. The minimum Gasteiger partial charge on any atom is -0.493 e. The van der Waals surface area contributed by atoms with Crippen molar-refractivity contribution in [1.82, 2.24) is 4.90 Å². The Morgan fingerprint density at radius 1 is 1.21 bits per heavy atom. The van der Waals surface area contributed by atoms with Crippen LogP contribution in [0.1, 0.15) is 24.2 Å². The molecule has 19 heavy (non-hydrogen) atoms. The van der Waals surface area contributed by atoms with Crippen LogP contribution < -0.4 is 9.47 Å². The van der Waals surface area contributed by atoms with E-state index < -0.39 is 0 Å². The highest BCUT2D eigenvalue weighted by molar-refractivity contribution is 7.98. The maximum absolute atomic E-state index is 12.6. The third-order valence-corrected chi connectivity index (χ3v) is 3.77. The smallest absolute Gasteiger partial charge is 0.258 e. The Morgan fingerprint density at radius 2 is 1.84 bits per heavy atom. The molecule has 0 radical (unpaired) electrons. The van der Waals surface area contributed by atoms with Crippen LogP contribution in [0.5, 0.6) is 11.5 Å². The van der Waals surface area contributed by atoms with Crippen molar-refractivity contribution in [3.05, 3.63) is 17.7 Å². The van der Waals surface area contributed by atoms with Gasteiger partial charge in [0.05, 0.1) is 19.8 Å². The molecule has 0 aromatic heterocycles. The molecule has 0 heterocycles. The summed E-state index contributed by atoms with van der Waals surface area (Å²) in [6.45, 7) is 5.27. The van der Waals surface area contributed by atoms with Gasteiger partial charge in [-0.25, -0.2) is 0 Å². The van der Waals surface area contributed by atoms with Crippen LogP contribution in [0.4, 0.5) is 0 Å². The number of hydrogen-bond acceptors (Lipinski definition) is 4. The Bertz CT molecular complexity index is 445. The monoisotopic (exact) mass is 283 g/mol. The third kappa shape index (κ3) is 3.15. The van der Waals surface area contributed by atoms with Crippen molar-refractivity contribution < 1.29 is 14.3 Å². The van der Waals surface area contributed by atoms with E-state index in [-0.39, 0.29) is 5.91 Å². The zero-order valence-electron chi connectivity index (χ0n) is 12.1. The highest BCUT2D eigenvalue weighted by atomic mass is 32.2. The number of carbonyl (C=O) groups excluding carboxylic acids is 1. The zero-order valence-corrected chi connectivity index (χ0v) is 13.0. The van der Waals surface area contributed by atoms with Gasteiger partial charge in [0.25, 0.3) is 5.91 Å². The molecule has 5 heteroatoms. The van der Waals surface area contributed by atoms with E-state index >= 15 is 0 Å². The number of methoxy groups -OCH3 is 2. The number of carbonyl (C=O) groups is 1. The molecule has 0 saturated heterocycles. The first-order chi connectivity index (χ1) is 9.14. The van der Waals surface area contributed by atoms with E-state index in [4.69, 9.17) is 9.47 Å². The van der Waals surface area contributed by atoms with E-state index in [1.807, 2.05) is 32.2 Å². The topological polar surface area (TPSA) is 38.8 Å². The Labute approximate surface area is 119 Å². The van der Waals surface area contributed by atoms with Crippen molar-refractivity contribution in [2.75, 3.05) is 33.6 Å². The molecule has 4 nitrogen and oxygen atoms in total. The highest BCUT2D eigenvalue weighted by Gasteiger charge is 2.24. The molecule has 0 aliphatic carbocycles. The molecule has 1 aromatic rings. The lowest BCUT2D eigenvalue weighted by atomic mass is 10.1. The molecule has 0 atom stereocenters. The summed E-state index contributed by atoms with van der Waals surface area (Å²) >= 11 is 1.53. The maximum Gasteiger partial charge on any atom is 0.258 e. The van der Waals surface area contributed by atoms with Crippen LogP contribution in [-0.2, 0) is 0 Å². The first-order valence-corrected chi connectivity index (χ1v) is 7.45. The average molecular weight is 283 g/mol. The molecule has 0 spiro atoms. The van der Waals surface area contributed by atoms with Gasteiger partial charge in [-0.2, -0.15) is 0 Å². The molecule has 0 N–H and O–H groups in total. The number of nitrogens with zero attached hydrogens (tertiary/aromatic N) is 1. The number of thioether (sulfide) groups is 1. The Kier molecular flexibility index (Phi) is 6.02. The lowest BCUT2D eigenvalue weighted by molar-refractivity contribution is 0.0765. The largest absolute Gasteiger partial charge is 0.493 e. The summed E-state index contributed by atoms with van der Waals surface area (Å²) in [7, 11) is 3.13. The lowest BCUT2D eigenvalue weighted by Gasteiger charge is -2.22. The van der Waals surface area contributed by atoms with E-state index in [1.165, 1.54) is 11.8 Å². The minimum absolute atomic E-state index is 0.0231. The van der Waals surface area contributed by atoms with Crippen LogP contribution >= 0.6 is 11.8 Å². The minimum atomic E-state index is -0.0231. The van der Waals surface area contributed by atoms with Crippen molar-refractivity contribution in [3.8, 4) is 11.5 Å². The van der Waals surface area contributed by atoms with Crippen LogP contribution in [0, 0.1) is 0 Å². The third-order valence-electron chi connectivity index (χ3n) is 2.99. The van der Waals surface area contributed by atoms with Crippen LogP contribution in [0.15, 0.2) is 17.0 Å². The van der Waals surface area contributed by atoms with Crippen molar-refractivity contribution in [3.63, 3.8) is 0 Å². The first kappa shape index (κ1) is 15.7. The van der Waals surface area contributed by atoms with Gasteiger partial charge < -0.3 is 14.4 Å². The average Bonchev–Trinajstić information content (AvgIpc) is 2.46. The molecule has 1 rings (SSSR count). The van der Waals surface area contributed by atoms with E-state index in [9.17, 15) is 4.79 Å². The Morgan fingerprint density at radius 3 is 2.26 bits per heavy atom. The van der Waals surface area contributed by atoms with Gasteiger partial charge in [-0.15, -0.1) is 11.8 Å². The van der Waals surface area contributed by atoms with Crippen molar-refractivity contribution in [1.29, 1.82) is 0 Å². The van der Waals surface area contributed by atoms with Gasteiger partial charge in [-0.1, -0.05) is 0 Å². The van der Waals surface area contributed by atoms with Gasteiger partial charge in [-0.3, -0.25) is 4.79 Å². The summed E-state index contributed by atoms with van der Waals surface area (Å²) in [4.78, 5) is 15.3. The number of hydrogen-bond donors (Lipinski definition) is 0. The fourth-order valence-corrected chi connectivity index (χ4v) is 2.54. The van der Waals surface area contributed by atoms with Crippen LogP contribution in [0.2, 0.25) is 0 Å². The maximum atomic E-state index is 12.6. The van der Waals surface area contributed by atoms with Gasteiger partial charge in [0.15, 0.2) is 11.5 Å². The summed E-state index contributed by atoms with van der Waals surface area (Å²) in [5.41, 5.74) is 0.582. The summed E-state index contributed by atoms with van der Waals surface area (Å²) in [5, 5.41) is 0. The van der Waals surface area contributed by atoms with Crippen molar-refractivity contribution >= 4 is 17.7 Å². The number of benzene rings is 1. The SMILES string of the molecule is CCN(CC)C(=O)c1c(SC)ccc(OC)c1OC. The van der Waals surface area contributed by atoms with E-state index in [0.29, 0.717) is 30.2 Å². The van der Waals surface area contributed by atoms with Gasteiger partial charge in [0.2, 0.25) is 0 Å². The van der Waals surface area contributed by atoms with Crippen molar-refractivity contribution in [2.45, 2.75) is 18.7 Å². The summed E-state index contributed by atoms with van der Waals surface area (Å²) in [6, 6.07) is 3.71. The molecule has 0 unspecified atom stereocenters. The summed E-state index contributed by atoms with van der Waals surface area (Å²) < 4.78 is 10.7. The van der Waals surface area contributed by atoms with E-state index in [0.717, 1.165) is 4.90 Å². The fraction of sp³-hybridized carbons (Fsp3) is 0.500. The van der Waals surface area contributed by atoms with Crippen molar-refractivity contribution in [2.24, 2.45) is 0 Å². The van der Waals surface area contributed by atoms with E-state index in [2.05, 4.69) is 0 Å². The molecule has 1 amide bonds. The van der Waals surface area contributed by atoms with Crippen LogP contribution in [0.3, 0.4) is 0 Å². The summed E-state index contributed by atoms with van der Waals surface area (Å²) in [6.07, 6.45) is 1.94. The molecule has 0 aliphatic rings. The predicted molar refractivity (Wildman–Crippen MR) is 78.6 cm³/mol. The lowest BCUT2D eigenvalue weighted by Crippen LogP contribution is -2.31. The Hall–Kier alpha value is -1.36. The normalized spacial score (nSPS) is 10.2. The second-order valence-electron chi connectivity index (χ2n) is 3.86. The second kappa shape index (κ2) is 7.28. The number of rotatable bonds is 6. The Balaban J connectivity index is 3.40. The summed E-state index contributed by atoms with van der Waals surface area (Å²) in [5.74, 6) is 1.06. The fourth-order valence-electron chi connectivity index (χ4n) is 1.95. The predicted octanol–water partition coefficient (Wildman–Crippen LogP) is 2.91. The first-order valence-electron chi connectivity index (χ1n) is 6.22. The second-order valence-corrected chi connectivity index (χ2v) is 4.70. The van der Waals surface area contributed by atoms with Crippen LogP contribution in [0.25, 0.3) is 0 Å². The zero-order chi connectivity index (χ0) is 14.4. The molecule has 0 bridgehead atoms. The molecule has 0 fully saturated rings. The van der Waals surface area contributed by atoms with Gasteiger partial charge >= 0.3 is 0 Å². The quantitative estimate of drug-likeness (QED) is 0.753. The van der Waals surface area contributed by atoms with Gasteiger partial charge in [0.1, 0.15) is 0 Å². The molecule has 1 aromatic carbocycles. The number of ether oxygens (including phenoxy) is 2. The van der Waals surface area contributed by atoms with Crippen LogP contribution in [-0.4, -0.2) is 44.4 Å².